The zero-order chi connectivity index (χ0) is 20.2. The van der Waals surface area contributed by atoms with Crippen LogP contribution < -0.4 is 10.9 Å². The standard InChI is InChI=1S/C22H21ClN2O3S/c1-29-18-6-2-4-16(12-18)25-22-19(21(26)24-13-17-5-3-9-27-17)11-14-10-15(23)7-8-20(14)28-22/h2,4,6-8,10-12,17H,3,5,9,13H2,1H3,(H,24,26)/t17-/m0/s1. The highest BCUT2D eigenvalue weighted by molar-refractivity contribution is 7.98. The number of carbonyl (C=O) groups is 1. The fraction of sp³-hybridized carbons (Fsp3) is 0.273. The number of halogens is 1. The second-order valence-corrected chi connectivity index (χ2v) is 8.12. The Labute approximate surface area is 178 Å². The fourth-order valence-corrected chi connectivity index (χ4v) is 3.89. The molecule has 0 saturated carbocycles. The van der Waals surface area contributed by atoms with Crippen molar-refractivity contribution >= 4 is 45.9 Å². The van der Waals surface area contributed by atoms with Gasteiger partial charge >= 0.3 is 0 Å². The first kappa shape index (κ1) is 20.0. The number of carbonyl (C=O) groups excluding carboxylic acids is 1. The van der Waals surface area contributed by atoms with E-state index in [1.165, 1.54) is 0 Å². The third kappa shape index (κ3) is 4.83. The van der Waals surface area contributed by atoms with E-state index in [4.69, 9.17) is 20.8 Å². The van der Waals surface area contributed by atoms with E-state index in [9.17, 15) is 4.79 Å². The number of hydrogen-bond acceptors (Lipinski definition) is 5. The van der Waals surface area contributed by atoms with E-state index in [2.05, 4.69) is 10.3 Å². The molecule has 150 valence electrons. The van der Waals surface area contributed by atoms with Crippen LogP contribution in [0.3, 0.4) is 0 Å². The Kier molecular flexibility index (Phi) is 6.23. The minimum atomic E-state index is -0.245. The maximum atomic E-state index is 12.9. The highest BCUT2D eigenvalue weighted by Crippen LogP contribution is 2.22. The van der Waals surface area contributed by atoms with Gasteiger partial charge in [-0.25, -0.2) is 4.99 Å². The van der Waals surface area contributed by atoms with Crippen LogP contribution in [-0.4, -0.2) is 31.4 Å². The number of fused-ring (bicyclic) bond motifs is 1. The van der Waals surface area contributed by atoms with Gasteiger partial charge in [-0.05, 0) is 61.6 Å². The number of hydrogen-bond donors (Lipinski definition) is 1. The van der Waals surface area contributed by atoms with Crippen molar-refractivity contribution in [3.8, 4) is 0 Å². The maximum absolute atomic E-state index is 12.9. The molecule has 2 heterocycles. The number of rotatable bonds is 5. The number of nitrogens with zero attached hydrogens (tertiary/aromatic N) is 1. The highest BCUT2D eigenvalue weighted by Gasteiger charge is 2.18. The molecule has 4 rings (SSSR count). The van der Waals surface area contributed by atoms with Crippen LogP contribution in [0.2, 0.25) is 5.02 Å². The van der Waals surface area contributed by atoms with E-state index in [0.29, 0.717) is 22.7 Å². The van der Waals surface area contributed by atoms with Crippen molar-refractivity contribution in [2.24, 2.45) is 4.99 Å². The number of benzene rings is 2. The Bertz CT molecular complexity index is 1110. The summed E-state index contributed by atoms with van der Waals surface area (Å²) in [6.45, 7) is 1.21. The molecule has 7 heteroatoms. The van der Waals surface area contributed by atoms with Crippen LogP contribution >= 0.6 is 23.4 Å². The SMILES string of the molecule is CSc1cccc(N=c2oc3ccc(Cl)cc3cc2C(=O)NC[C@@H]2CCCO2)c1. The molecule has 1 atom stereocenters. The Morgan fingerprint density at radius 3 is 2.97 bits per heavy atom. The average molecular weight is 429 g/mol. The van der Waals surface area contributed by atoms with Gasteiger partial charge in [-0.3, -0.25) is 4.79 Å². The molecule has 0 radical (unpaired) electrons. The summed E-state index contributed by atoms with van der Waals surface area (Å²) in [6.07, 6.45) is 4.05. The summed E-state index contributed by atoms with van der Waals surface area (Å²) < 4.78 is 11.6. The summed E-state index contributed by atoms with van der Waals surface area (Å²) >= 11 is 7.75. The van der Waals surface area contributed by atoms with E-state index in [-0.39, 0.29) is 17.6 Å². The van der Waals surface area contributed by atoms with Gasteiger partial charge in [-0.2, -0.15) is 0 Å². The van der Waals surface area contributed by atoms with Crippen molar-refractivity contribution in [3.63, 3.8) is 0 Å². The molecule has 5 nitrogen and oxygen atoms in total. The van der Waals surface area contributed by atoms with Gasteiger partial charge < -0.3 is 14.5 Å². The molecular weight excluding hydrogens is 408 g/mol. The van der Waals surface area contributed by atoms with Crippen molar-refractivity contribution in [3.05, 3.63) is 64.7 Å². The normalized spacial score (nSPS) is 17.0. The van der Waals surface area contributed by atoms with Gasteiger partial charge in [-0.15, -0.1) is 11.8 Å². The second-order valence-electron chi connectivity index (χ2n) is 6.81. The van der Waals surface area contributed by atoms with Crippen molar-refractivity contribution in [1.82, 2.24) is 5.32 Å². The van der Waals surface area contributed by atoms with Crippen LogP contribution in [0.15, 0.2) is 62.8 Å². The molecule has 0 aliphatic carbocycles. The minimum Gasteiger partial charge on any atom is -0.438 e. The van der Waals surface area contributed by atoms with Gasteiger partial charge in [0.1, 0.15) is 11.1 Å². The molecule has 3 aromatic rings. The van der Waals surface area contributed by atoms with Crippen LogP contribution in [-0.2, 0) is 4.74 Å². The van der Waals surface area contributed by atoms with Crippen molar-refractivity contribution < 1.29 is 13.9 Å². The average Bonchev–Trinajstić information content (AvgIpc) is 3.25. The molecule has 1 aliphatic heterocycles. The lowest BCUT2D eigenvalue weighted by Crippen LogP contribution is -2.34. The third-order valence-electron chi connectivity index (χ3n) is 4.75. The smallest absolute Gasteiger partial charge is 0.256 e. The summed E-state index contributed by atoms with van der Waals surface area (Å²) in [5.74, 6) is -0.245. The number of ether oxygens (including phenoxy) is 1. The molecule has 2 aromatic carbocycles. The third-order valence-corrected chi connectivity index (χ3v) is 5.71. The van der Waals surface area contributed by atoms with E-state index < -0.39 is 0 Å². The van der Waals surface area contributed by atoms with E-state index in [0.717, 1.165) is 35.4 Å². The summed E-state index contributed by atoms with van der Waals surface area (Å²) in [4.78, 5) is 18.6. The molecule has 1 N–H and O–H groups in total. The van der Waals surface area contributed by atoms with Gasteiger partial charge in [0.05, 0.1) is 11.8 Å². The van der Waals surface area contributed by atoms with E-state index in [1.807, 2.05) is 30.5 Å². The van der Waals surface area contributed by atoms with Gasteiger partial charge in [0.15, 0.2) is 0 Å². The van der Waals surface area contributed by atoms with Crippen LogP contribution in [0.5, 0.6) is 0 Å². The van der Waals surface area contributed by atoms with E-state index >= 15 is 0 Å². The quantitative estimate of drug-likeness (QED) is 0.584. The largest absolute Gasteiger partial charge is 0.438 e. The van der Waals surface area contributed by atoms with Crippen LogP contribution in [0.1, 0.15) is 23.2 Å². The molecule has 1 amide bonds. The molecule has 29 heavy (non-hydrogen) atoms. The predicted molar refractivity (Wildman–Crippen MR) is 116 cm³/mol. The monoisotopic (exact) mass is 428 g/mol. The Balaban J connectivity index is 1.75. The Morgan fingerprint density at radius 1 is 1.28 bits per heavy atom. The molecule has 1 aliphatic rings. The van der Waals surface area contributed by atoms with Crippen molar-refractivity contribution in [2.75, 3.05) is 19.4 Å². The molecular formula is C22H21ClN2O3S. The second kappa shape index (κ2) is 9.03. The lowest BCUT2D eigenvalue weighted by molar-refractivity contribution is 0.0854. The van der Waals surface area contributed by atoms with Crippen LogP contribution in [0.25, 0.3) is 11.0 Å². The molecule has 1 fully saturated rings. The number of nitrogens with one attached hydrogen (secondary N) is 1. The van der Waals surface area contributed by atoms with Crippen LogP contribution in [0.4, 0.5) is 5.69 Å². The molecule has 0 unspecified atom stereocenters. The highest BCUT2D eigenvalue weighted by atomic mass is 35.5. The summed E-state index contributed by atoms with van der Waals surface area (Å²) in [5.41, 5.74) is 1.97. The Hall–Kier alpha value is -2.28. The summed E-state index contributed by atoms with van der Waals surface area (Å²) in [5, 5.41) is 4.27. The molecule has 1 saturated heterocycles. The summed E-state index contributed by atoms with van der Waals surface area (Å²) in [7, 11) is 0. The molecule has 1 aromatic heterocycles. The number of amides is 1. The first-order chi connectivity index (χ1) is 14.1. The van der Waals surface area contributed by atoms with Gasteiger partial charge in [0, 0.05) is 28.5 Å². The first-order valence-corrected chi connectivity index (χ1v) is 11.0. The fourth-order valence-electron chi connectivity index (χ4n) is 3.25. The first-order valence-electron chi connectivity index (χ1n) is 9.44. The molecule has 0 spiro atoms. The van der Waals surface area contributed by atoms with E-state index in [1.54, 1.807) is 36.0 Å². The van der Waals surface area contributed by atoms with Crippen LogP contribution in [0, 0.1) is 0 Å². The van der Waals surface area contributed by atoms with Crippen molar-refractivity contribution in [1.29, 1.82) is 0 Å². The minimum absolute atomic E-state index is 0.0597. The maximum Gasteiger partial charge on any atom is 0.256 e. The molecule has 0 bridgehead atoms. The van der Waals surface area contributed by atoms with Gasteiger partial charge in [0.25, 0.3) is 5.91 Å². The Morgan fingerprint density at radius 2 is 2.17 bits per heavy atom. The van der Waals surface area contributed by atoms with Crippen molar-refractivity contribution in [2.45, 2.75) is 23.8 Å². The topological polar surface area (TPSA) is 63.8 Å². The zero-order valence-electron chi connectivity index (χ0n) is 16.0. The number of thioether (sulfide) groups is 1. The summed E-state index contributed by atoms with van der Waals surface area (Å²) in [6, 6.07) is 14.9. The lowest BCUT2D eigenvalue weighted by atomic mass is 10.1. The van der Waals surface area contributed by atoms with Gasteiger partial charge in [0.2, 0.25) is 5.55 Å². The predicted octanol–water partition coefficient (Wildman–Crippen LogP) is 4.95. The lowest BCUT2D eigenvalue weighted by Gasteiger charge is -2.11. The van der Waals surface area contributed by atoms with Gasteiger partial charge in [-0.1, -0.05) is 17.7 Å². The zero-order valence-corrected chi connectivity index (χ0v) is 17.6.